The third-order valence-electron chi connectivity index (χ3n) is 3.25. The van der Waals surface area contributed by atoms with Crippen molar-refractivity contribution in [2.24, 2.45) is 5.92 Å². The van der Waals surface area contributed by atoms with E-state index in [1.165, 1.54) is 5.56 Å². The van der Waals surface area contributed by atoms with Gasteiger partial charge in [-0.05, 0) is 30.5 Å². The number of methoxy groups -OCH3 is 1. The number of benzene rings is 1. The van der Waals surface area contributed by atoms with Crippen molar-refractivity contribution >= 4 is 5.91 Å². The van der Waals surface area contributed by atoms with E-state index in [1.807, 2.05) is 12.1 Å². The SMILES string of the molecule is COc1ccc(CCCNC(=O)C2CNC2)cc1. The summed E-state index contributed by atoms with van der Waals surface area (Å²) in [5.41, 5.74) is 1.27. The lowest BCUT2D eigenvalue weighted by Gasteiger charge is -2.25. The highest BCUT2D eigenvalue weighted by Crippen LogP contribution is 2.12. The minimum Gasteiger partial charge on any atom is -0.497 e. The molecule has 1 aromatic rings. The smallest absolute Gasteiger partial charge is 0.225 e. The van der Waals surface area contributed by atoms with Crippen molar-refractivity contribution in [3.8, 4) is 5.75 Å². The van der Waals surface area contributed by atoms with Crippen LogP contribution >= 0.6 is 0 Å². The van der Waals surface area contributed by atoms with Gasteiger partial charge in [-0.2, -0.15) is 0 Å². The summed E-state index contributed by atoms with van der Waals surface area (Å²) in [6.45, 7) is 2.40. The van der Waals surface area contributed by atoms with Crippen LogP contribution in [0.2, 0.25) is 0 Å². The van der Waals surface area contributed by atoms with E-state index in [0.717, 1.165) is 38.2 Å². The highest BCUT2D eigenvalue weighted by atomic mass is 16.5. The Labute approximate surface area is 108 Å². The zero-order valence-electron chi connectivity index (χ0n) is 10.7. The normalized spacial score (nSPS) is 14.9. The van der Waals surface area contributed by atoms with Crippen molar-refractivity contribution in [3.05, 3.63) is 29.8 Å². The third kappa shape index (κ3) is 3.47. The van der Waals surface area contributed by atoms with Gasteiger partial charge >= 0.3 is 0 Å². The number of rotatable bonds is 6. The highest BCUT2D eigenvalue weighted by Gasteiger charge is 2.23. The molecule has 0 atom stereocenters. The second-order valence-electron chi connectivity index (χ2n) is 4.60. The molecule has 2 N–H and O–H groups in total. The molecule has 0 radical (unpaired) electrons. The molecule has 1 aromatic carbocycles. The predicted molar refractivity (Wildman–Crippen MR) is 70.7 cm³/mol. The van der Waals surface area contributed by atoms with Gasteiger partial charge in [-0.25, -0.2) is 0 Å². The standard InChI is InChI=1S/C14H20N2O2/c1-18-13-6-4-11(5-7-13)3-2-8-16-14(17)12-9-15-10-12/h4-7,12,15H,2-3,8-10H2,1H3,(H,16,17). The minimum atomic E-state index is 0.184. The van der Waals surface area contributed by atoms with E-state index in [0.29, 0.717) is 0 Å². The van der Waals surface area contributed by atoms with Gasteiger partial charge in [-0.3, -0.25) is 4.79 Å². The summed E-state index contributed by atoms with van der Waals surface area (Å²) < 4.78 is 5.11. The van der Waals surface area contributed by atoms with Crippen LogP contribution in [0, 0.1) is 5.92 Å². The minimum absolute atomic E-state index is 0.184. The summed E-state index contributed by atoms with van der Waals surface area (Å²) in [5, 5.41) is 6.07. The number of carbonyl (C=O) groups excluding carboxylic acids is 1. The van der Waals surface area contributed by atoms with Crippen LogP contribution in [-0.4, -0.2) is 32.7 Å². The molecule has 4 heteroatoms. The lowest BCUT2D eigenvalue weighted by molar-refractivity contribution is -0.126. The second kappa shape index (κ2) is 6.40. The maximum absolute atomic E-state index is 11.6. The topological polar surface area (TPSA) is 50.4 Å². The van der Waals surface area contributed by atoms with Gasteiger partial charge in [0.1, 0.15) is 5.75 Å². The zero-order valence-corrected chi connectivity index (χ0v) is 10.7. The van der Waals surface area contributed by atoms with Crippen LogP contribution in [0.5, 0.6) is 5.75 Å². The molecule has 1 aliphatic rings. The molecule has 1 fully saturated rings. The Morgan fingerprint density at radius 2 is 2.11 bits per heavy atom. The molecule has 0 spiro atoms. The molecule has 4 nitrogen and oxygen atoms in total. The summed E-state index contributed by atoms with van der Waals surface area (Å²) in [5.74, 6) is 1.25. The van der Waals surface area contributed by atoms with Crippen LogP contribution in [0.4, 0.5) is 0 Å². The summed E-state index contributed by atoms with van der Waals surface area (Å²) >= 11 is 0. The van der Waals surface area contributed by atoms with Crippen molar-refractivity contribution in [1.29, 1.82) is 0 Å². The Morgan fingerprint density at radius 1 is 1.39 bits per heavy atom. The molecule has 18 heavy (non-hydrogen) atoms. The van der Waals surface area contributed by atoms with Crippen LogP contribution in [0.1, 0.15) is 12.0 Å². The van der Waals surface area contributed by atoms with Gasteiger partial charge < -0.3 is 15.4 Å². The van der Waals surface area contributed by atoms with Gasteiger partial charge in [-0.15, -0.1) is 0 Å². The number of aryl methyl sites for hydroxylation is 1. The average Bonchev–Trinajstić information content (AvgIpc) is 2.33. The number of hydrogen-bond donors (Lipinski definition) is 2. The fourth-order valence-corrected chi connectivity index (χ4v) is 1.91. The number of hydrogen-bond acceptors (Lipinski definition) is 3. The fraction of sp³-hybridized carbons (Fsp3) is 0.500. The van der Waals surface area contributed by atoms with Gasteiger partial charge in [0, 0.05) is 19.6 Å². The maximum Gasteiger partial charge on any atom is 0.225 e. The molecule has 1 amide bonds. The van der Waals surface area contributed by atoms with Crippen LogP contribution in [0.15, 0.2) is 24.3 Å². The first-order valence-electron chi connectivity index (χ1n) is 6.41. The van der Waals surface area contributed by atoms with Gasteiger partial charge in [0.15, 0.2) is 0 Å². The summed E-state index contributed by atoms with van der Waals surface area (Å²) in [6.07, 6.45) is 1.95. The van der Waals surface area contributed by atoms with Crippen LogP contribution in [0.3, 0.4) is 0 Å². The fourth-order valence-electron chi connectivity index (χ4n) is 1.91. The van der Waals surface area contributed by atoms with Gasteiger partial charge in [0.25, 0.3) is 0 Å². The van der Waals surface area contributed by atoms with Crippen molar-refractivity contribution in [3.63, 3.8) is 0 Å². The van der Waals surface area contributed by atoms with Crippen molar-refractivity contribution in [2.75, 3.05) is 26.7 Å². The first-order chi connectivity index (χ1) is 8.79. The number of amides is 1. The Kier molecular flexibility index (Phi) is 4.59. The predicted octanol–water partition coefficient (Wildman–Crippen LogP) is 0.963. The number of ether oxygens (including phenoxy) is 1. The van der Waals surface area contributed by atoms with Crippen LogP contribution in [-0.2, 0) is 11.2 Å². The van der Waals surface area contributed by atoms with Gasteiger partial charge in [0.2, 0.25) is 5.91 Å². The second-order valence-corrected chi connectivity index (χ2v) is 4.60. The van der Waals surface area contributed by atoms with E-state index in [-0.39, 0.29) is 11.8 Å². The quantitative estimate of drug-likeness (QED) is 0.737. The molecule has 0 unspecified atom stereocenters. The van der Waals surface area contributed by atoms with Crippen LogP contribution < -0.4 is 15.4 Å². The molecule has 0 aromatic heterocycles. The third-order valence-corrected chi connectivity index (χ3v) is 3.25. The number of nitrogens with one attached hydrogen (secondary N) is 2. The maximum atomic E-state index is 11.6. The Hall–Kier alpha value is -1.55. The van der Waals surface area contributed by atoms with E-state index in [9.17, 15) is 4.79 Å². The molecule has 98 valence electrons. The monoisotopic (exact) mass is 248 g/mol. The molecular formula is C14H20N2O2. The van der Waals surface area contributed by atoms with E-state index in [1.54, 1.807) is 7.11 Å². The molecule has 1 saturated heterocycles. The average molecular weight is 248 g/mol. The Balaban J connectivity index is 1.63. The summed E-state index contributed by atoms with van der Waals surface area (Å²) in [4.78, 5) is 11.6. The van der Waals surface area contributed by atoms with Crippen molar-refractivity contribution < 1.29 is 9.53 Å². The first-order valence-corrected chi connectivity index (χ1v) is 6.41. The van der Waals surface area contributed by atoms with Gasteiger partial charge in [0.05, 0.1) is 13.0 Å². The van der Waals surface area contributed by atoms with E-state index in [2.05, 4.69) is 22.8 Å². The van der Waals surface area contributed by atoms with E-state index in [4.69, 9.17) is 4.74 Å². The molecule has 0 saturated carbocycles. The van der Waals surface area contributed by atoms with Crippen molar-refractivity contribution in [2.45, 2.75) is 12.8 Å². The molecule has 0 aliphatic carbocycles. The lowest BCUT2D eigenvalue weighted by atomic mass is 10.0. The van der Waals surface area contributed by atoms with Crippen molar-refractivity contribution in [1.82, 2.24) is 10.6 Å². The Morgan fingerprint density at radius 3 is 2.67 bits per heavy atom. The summed E-state index contributed by atoms with van der Waals surface area (Å²) in [7, 11) is 1.67. The lowest BCUT2D eigenvalue weighted by Crippen LogP contribution is -2.50. The molecule has 1 aliphatic heterocycles. The van der Waals surface area contributed by atoms with Crippen LogP contribution in [0.25, 0.3) is 0 Å². The summed E-state index contributed by atoms with van der Waals surface area (Å²) in [6, 6.07) is 8.06. The van der Waals surface area contributed by atoms with E-state index < -0.39 is 0 Å². The molecule has 1 heterocycles. The Bertz CT molecular complexity index is 385. The molecular weight excluding hydrogens is 228 g/mol. The number of carbonyl (C=O) groups is 1. The zero-order chi connectivity index (χ0) is 12.8. The largest absolute Gasteiger partial charge is 0.497 e. The highest BCUT2D eigenvalue weighted by molar-refractivity contribution is 5.79. The molecule has 0 bridgehead atoms. The molecule has 2 rings (SSSR count). The first kappa shape index (κ1) is 12.9. The van der Waals surface area contributed by atoms with E-state index >= 15 is 0 Å². The van der Waals surface area contributed by atoms with Gasteiger partial charge in [-0.1, -0.05) is 12.1 Å².